The minimum absolute atomic E-state index is 0.158. The van der Waals surface area contributed by atoms with Crippen LogP contribution in [0, 0.1) is 10.1 Å². The van der Waals surface area contributed by atoms with Gasteiger partial charge in [0.2, 0.25) is 0 Å². The SMILES string of the molecule is CNc1cccc(N(C)C2CCCN(C)C2)c1[N+](=O)[O-]. The number of hydrogen-bond acceptors (Lipinski definition) is 5. The molecular weight excluding hydrogens is 256 g/mol. The number of nitrogens with zero attached hydrogens (tertiary/aromatic N) is 3. The highest BCUT2D eigenvalue weighted by Gasteiger charge is 2.27. The summed E-state index contributed by atoms with van der Waals surface area (Å²) in [5.41, 5.74) is 1.40. The lowest BCUT2D eigenvalue weighted by Gasteiger charge is -2.36. The van der Waals surface area contributed by atoms with Crippen LogP contribution < -0.4 is 10.2 Å². The predicted molar refractivity (Wildman–Crippen MR) is 81.6 cm³/mol. The summed E-state index contributed by atoms with van der Waals surface area (Å²) in [4.78, 5) is 15.4. The normalized spacial score (nSPS) is 19.6. The summed E-state index contributed by atoms with van der Waals surface area (Å²) in [7, 11) is 5.75. The topological polar surface area (TPSA) is 61.6 Å². The van der Waals surface area contributed by atoms with Gasteiger partial charge in [-0.3, -0.25) is 10.1 Å². The Morgan fingerprint density at radius 3 is 2.85 bits per heavy atom. The molecule has 6 heteroatoms. The first-order chi connectivity index (χ1) is 9.54. The summed E-state index contributed by atoms with van der Waals surface area (Å²) < 4.78 is 0. The van der Waals surface area contributed by atoms with Gasteiger partial charge in [0.1, 0.15) is 11.4 Å². The molecule has 1 atom stereocenters. The maximum atomic E-state index is 11.4. The van der Waals surface area contributed by atoms with Crippen LogP contribution in [-0.4, -0.2) is 50.1 Å². The van der Waals surface area contributed by atoms with Gasteiger partial charge in [0.05, 0.1) is 4.92 Å². The standard InChI is InChI=1S/C14H22N4O2/c1-15-12-7-4-8-13(14(12)18(19)20)17(3)11-6-5-9-16(2)10-11/h4,7-8,11,15H,5-6,9-10H2,1-3H3. The largest absolute Gasteiger partial charge is 0.382 e. The minimum Gasteiger partial charge on any atom is -0.382 e. The van der Waals surface area contributed by atoms with Crippen molar-refractivity contribution in [2.45, 2.75) is 18.9 Å². The molecule has 2 rings (SSSR count). The molecule has 0 aliphatic carbocycles. The highest BCUT2D eigenvalue weighted by Crippen LogP contribution is 2.36. The summed E-state index contributed by atoms with van der Waals surface area (Å²) in [5, 5.41) is 14.3. The summed E-state index contributed by atoms with van der Waals surface area (Å²) in [6, 6.07) is 5.74. The lowest BCUT2D eigenvalue weighted by atomic mass is 10.0. The van der Waals surface area contributed by atoms with Gasteiger partial charge in [0.25, 0.3) is 0 Å². The fourth-order valence-electron chi connectivity index (χ4n) is 2.86. The van der Waals surface area contributed by atoms with Crippen LogP contribution in [0.3, 0.4) is 0 Å². The molecule has 1 aliphatic rings. The number of para-hydroxylation sites is 1. The first-order valence-electron chi connectivity index (χ1n) is 6.91. The van der Waals surface area contributed by atoms with Crippen LogP contribution in [0.1, 0.15) is 12.8 Å². The van der Waals surface area contributed by atoms with Crippen LogP contribution in [0.25, 0.3) is 0 Å². The van der Waals surface area contributed by atoms with Crippen molar-refractivity contribution in [1.29, 1.82) is 0 Å². The summed E-state index contributed by atoms with van der Waals surface area (Å²) in [5.74, 6) is 0. The smallest absolute Gasteiger partial charge is 0.315 e. The average Bonchev–Trinajstić information content (AvgIpc) is 2.45. The number of likely N-dealkylation sites (tertiary alicyclic amines) is 1. The van der Waals surface area contributed by atoms with E-state index in [1.165, 1.54) is 0 Å². The summed E-state index contributed by atoms with van der Waals surface area (Å²) in [6.07, 6.45) is 2.20. The highest BCUT2D eigenvalue weighted by atomic mass is 16.6. The number of nitrogens with one attached hydrogen (secondary N) is 1. The maximum absolute atomic E-state index is 11.4. The van der Waals surface area contributed by atoms with Gasteiger partial charge in [0, 0.05) is 26.7 Å². The van der Waals surface area contributed by atoms with Gasteiger partial charge in [-0.05, 0) is 38.6 Å². The van der Waals surface area contributed by atoms with E-state index in [0.717, 1.165) is 25.9 Å². The number of hydrogen-bond donors (Lipinski definition) is 1. The van der Waals surface area contributed by atoms with Gasteiger partial charge in [0.15, 0.2) is 0 Å². The second-order valence-corrected chi connectivity index (χ2v) is 5.35. The van der Waals surface area contributed by atoms with E-state index >= 15 is 0 Å². The van der Waals surface area contributed by atoms with Crippen molar-refractivity contribution in [2.75, 3.05) is 44.4 Å². The second-order valence-electron chi connectivity index (χ2n) is 5.35. The average molecular weight is 278 g/mol. The van der Waals surface area contributed by atoms with Gasteiger partial charge >= 0.3 is 5.69 Å². The first-order valence-corrected chi connectivity index (χ1v) is 6.91. The van der Waals surface area contributed by atoms with Gasteiger partial charge in [-0.2, -0.15) is 0 Å². The lowest BCUT2D eigenvalue weighted by Crippen LogP contribution is -2.45. The number of nitro benzene ring substituents is 1. The van der Waals surface area contributed by atoms with Crippen LogP contribution in [0.4, 0.5) is 17.1 Å². The molecule has 1 saturated heterocycles. The molecule has 110 valence electrons. The molecule has 1 aliphatic heterocycles. The van der Waals surface area contributed by atoms with Crippen molar-refractivity contribution < 1.29 is 4.92 Å². The van der Waals surface area contributed by atoms with E-state index < -0.39 is 0 Å². The van der Waals surface area contributed by atoms with Crippen molar-refractivity contribution in [3.8, 4) is 0 Å². The molecule has 0 saturated carbocycles. The van der Waals surface area contributed by atoms with E-state index in [0.29, 0.717) is 17.4 Å². The minimum atomic E-state index is -0.301. The number of rotatable bonds is 4. The Bertz CT molecular complexity index is 492. The molecule has 1 fully saturated rings. The molecule has 1 aromatic rings. The molecule has 0 bridgehead atoms. The Labute approximate surface area is 119 Å². The fraction of sp³-hybridized carbons (Fsp3) is 0.571. The van der Waals surface area contributed by atoms with Crippen molar-refractivity contribution in [3.63, 3.8) is 0 Å². The first kappa shape index (κ1) is 14.6. The van der Waals surface area contributed by atoms with E-state index in [1.807, 2.05) is 19.2 Å². The molecule has 1 unspecified atom stereocenters. The Balaban J connectivity index is 2.33. The van der Waals surface area contributed by atoms with Crippen LogP contribution in [0.15, 0.2) is 18.2 Å². The van der Waals surface area contributed by atoms with E-state index in [2.05, 4.69) is 22.2 Å². The third-order valence-electron chi connectivity index (χ3n) is 3.99. The maximum Gasteiger partial charge on any atom is 0.315 e. The zero-order valence-electron chi connectivity index (χ0n) is 12.3. The predicted octanol–water partition coefficient (Wildman–Crippen LogP) is 2.17. The molecular formula is C14H22N4O2. The number of likely N-dealkylation sites (N-methyl/N-ethyl adjacent to an activating group) is 2. The zero-order valence-corrected chi connectivity index (χ0v) is 12.3. The molecule has 20 heavy (non-hydrogen) atoms. The molecule has 1 N–H and O–H groups in total. The van der Waals surface area contributed by atoms with Crippen molar-refractivity contribution in [2.24, 2.45) is 0 Å². The lowest BCUT2D eigenvalue weighted by molar-refractivity contribution is -0.383. The monoisotopic (exact) mass is 278 g/mol. The summed E-state index contributed by atoms with van der Waals surface area (Å²) in [6.45, 7) is 2.04. The Morgan fingerprint density at radius 2 is 2.25 bits per heavy atom. The van der Waals surface area contributed by atoms with Crippen LogP contribution in [-0.2, 0) is 0 Å². The molecule has 0 aromatic heterocycles. The quantitative estimate of drug-likeness (QED) is 0.675. The third-order valence-corrected chi connectivity index (χ3v) is 3.99. The van der Waals surface area contributed by atoms with Gasteiger partial charge in [-0.25, -0.2) is 0 Å². The van der Waals surface area contributed by atoms with E-state index in [4.69, 9.17) is 0 Å². The fourth-order valence-corrected chi connectivity index (χ4v) is 2.86. The number of piperidine rings is 1. The molecule has 1 aromatic carbocycles. The van der Waals surface area contributed by atoms with Gasteiger partial charge in [-0.15, -0.1) is 0 Å². The van der Waals surface area contributed by atoms with Gasteiger partial charge in [-0.1, -0.05) is 6.07 Å². The molecule has 0 spiro atoms. The number of anilines is 2. The number of nitro groups is 1. The van der Waals surface area contributed by atoms with Crippen molar-refractivity contribution in [1.82, 2.24) is 4.90 Å². The van der Waals surface area contributed by atoms with E-state index in [-0.39, 0.29) is 10.6 Å². The van der Waals surface area contributed by atoms with Crippen LogP contribution >= 0.6 is 0 Å². The molecule has 0 radical (unpaired) electrons. The van der Waals surface area contributed by atoms with E-state index in [1.54, 1.807) is 13.1 Å². The highest BCUT2D eigenvalue weighted by molar-refractivity contribution is 5.77. The summed E-state index contributed by atoms with van der Waals surface area (Å²) >= 11 is 0. The van der Waals surface area contributed by atoms with Crippen molar-refractivity contribution in [3.05, 3.63) is 28.3 Å². The van der Waals surface area contributed by atoms with Crippen LogP contribution in [0.5, 0.6) is 0 Å². The molecule has 1 heterocycles. The van der Waals surface area contributed by atoms with E-state index in [9.17, 15) is 10.1 Å². The second kappa shape index (κ2) is 6.09. The Hall–Kier alpha value is -1.82. The third kappa shape index (κ3) is 2.85. The zero-order chi connectivity index (χ0) is 14.7. The van der Waals surface area contributed by atoms with Crippen LogP contribution in [0.2, 0.25) is 0 Å². The molecule has 6 nitrogen and oxygen atoms in total. The Kier molecular flexibility index (Phi) is 4.44. The Morgan fingerprint density at radius 1 is 1.50 bits per heavy atom. The van der Waals surface area contributed by atoms with Crippen molar-refractivity contribution >= 4 is 17.1 Å². The van der Waals surface area contributed by atoms with Gasteiger partial charge < -0.3 is 15.1 Å². The molecule has 0 amide bonds. The number of benzene rings is 1.